The first-order chi connectivity index (χ1) is 12.0. The molecule has 0 saturated carbocycles. The van der Waals surface area contributed by atoms with E-state index in [1.165, 1.54) is 0 Å². The number of esters is 1. The number of para-hydroxylation sites is 1. The van der Waals surface area contributed by atoms with E-state index in [1.54, 1.807) is 29.1 Å². The maximum atomic E-state index is 12.1. The molecule has 128 valence electrons. The monoisotopic (exact) mass is 338 g/mol. The molecule has 2 aromatic heterocycles. The van der Waals surface area contributed by atoms with Crippen molar-refractivity contribution in [3.8, 4) is 0 Å². The van der Waals surface area contributed by atoms with Gasteiger partial charge in [0, 0.05) is 17.5 Å². The molecule has 1 N–H and O–H groups in total. The number of nitrogens with zero attached hydrogens (tertiary/aromatic N) is 3. The van der Waals surface area contributed by atoms with Gasteiger partial charge < -0.3 is 10.1 Å². The first-order valence-corrected chi connectivity index (χ1v) is 7.91. The van der Waals surface area contributed by atoms with E-state index in [0.29, 0.717) is 11.3 Å². The van der Waals surface area contributed by atoms with Crippen molar-refractivity contribution in [2.75, 3.05) is 11.9 Å². The summed E-state index contributed by atoms with van der Waals surface area (Å²) in [6.45, 7) is 3.51. The predicted octanol–water partition coefficient (Wildman–Crippen LogP) is 2.81. The molecular formula is C18H18N4O3. The average molecular weight is 338 g/mol. The quantitative estimate of drug-likeness (QED) is 0.723. The summed E-state index contributed by atoms with van der Waals surface area (Å²) in [4.78, 5) is 28.3. The molecule has 0 atom stereocenters. The van der Waals surface area contributed by atoms with Gasteiger partial charge in [-0.3, -0.25) is 4.79 Å². The molecule has 0 saturated heterocycles. The molecular weight excluding hydrogens is 320 g/mol. The van der Waals surface area contributed by atoms with Gasteiger partial charge >= 0.3 is 5.97 Å². The number of ether oxygens (including phenoxy) is 1. The summed E-state index contributed by atoms with van der Waals surface area (Å²) in [5.41, 5.74) is 0.862. The van der Waals surface area contributed by atoms with Crippen LogP contribution in [0.3, 0.4) is 0 Å². The van der Waals surface area contributed by atoms with Crippen molar-refractivity contribution in [2.24, 2.45) is 0 Å². The number of hydrogen-bond acceptors (Lipinski definition) is 5. The minimum Gasteiger partial charge on any atom is -0.451 e. The van der Waals surface area contributed by atoms with Gasteiger partial charge in [-0.1, -0.05) is 24.3 Å². The Morgan fingerprint density at radius 3 is 2.76 bits per heavy atom. The fraction of sp³-hybridized carbons (Fsp3) is 0.222. The number of amides is 1. The van der Waals surface area contributed by atoms with Gasteiger partial charge in [0.1, 0.15) is 11.5 Å². The van der Waals surface area contributed by atoms with Crippen LogP contribution in [0.2, 0.25) is 0 Å². The van der Waals surface area contributed by atoms with Crippen LogP contribution in [0.5, 0.6) is 0 Å². The summed E-state index contributed by atoms with van der Waals surface area (Å²) in [5.74, 6) is -0.519. The molecule has 0 spiro atoms. The van der Waals surface area contributed by atoms with E-state index in [-0.39, 0.29) is 11.7 Å². The van der Waals surface area contributed by atoms with E-state index in [0.717, 1.165) is 5.39 Å². The van der Waals surface area contributed by atoms with Crippen molar-refractivity contribution >= 4 is 28.6 Å². The van der Waals surface area contributed by atoms with Crippen LogP contribution in [0.25, 0.3) is 10.9 Å². The molecule has 3 rings (SSSR count). The smallest absolute Gasteiger partial charge is 0.357 e. The molecule has 0 fully saturated rings. The van der Waals surface area contributed by atoms with Crippen LogP contribution >= 0.6 is 0 Å². The highest BCUT2D eigenvalue weighted by molar-refractivity contribution is 5.95. The molecule has 0 unspecified atom stereocenters. The molecule has 1 amide bonds. The van der Waals surface area contributed by atoms with Crippen LogP contribution in [-0.2, 0) is 9.53 Å². The number of pyridine rings is 1. The fourth-order valence-corrected chi connectivity index (χ4v) is 2.39. The first kappa shape index (κ1) is 16.6. The third-order valence-corrected chi connectivity index (χ3v) is 3.57. The van der Waals surface area contributed by atoms with E-state index in [2.05, 4.69) is 15.4 Å². The largest absolute Gasteiger partial charge is 0.451 e. The summed E-state index contributed by atoms with van der Waals surface area (Å²) < 4.78 is 6.72. The standard InChI is InChI=1S/C18H18N4O3/c1-12(2)22-16(9-10-19-22)21-17(23)11-25-18(24)15-8-7-13-5-3-4-6-14(13)20-15/h3-10,12H,11H2,1-2H3,(H,21,23). The van der Waals surface area contributed by atoms with Crippen LogP contribution < -0.4 is 5.32 Å². The van der Waals surface area contributed by atoms with Gasteiger partial charge in [-0.15, -0.1) is 0 Å². The number of carbonyl (C=O) groups excluding carboxylic acids is 2. The van der Waals surface area contributed by atoms with Gasteiger partial charge in [0.2, 0.25) is 0 Å². The number of fused-ring (bicyclic) bond motifs is 1. The molecule has 0 aliphatic heterocycles. The number of aromatic nitrogens is 3. The first-order valence-electron chi connectivity index (χ1n) is 7.91. The lowest BCUT2D eigenvalue weighted by Gasteiger charge is -2.11. The molecule has 0 radical (unpaired) electrons. The Labute approximate surface area is 144 Å². The van der Waals surface area contributed by atoms with Gasteiger partial charge in [-0.05, 0) is 26.0 Å². The van der Waals surface area contributed by atoms with Crippen LogP contribution in [0, 0.1) is 0 Å². The molecule has 2 heterocycles. The van der Waals surface area contributed by atoms with Crippen molar-refractivity contribution < 1.29 is 14.3 Å². The normalized spacial score (nSPS) is 10.8. The van der Waals surface area contributed by atoms with Gasteiger partial charge in [0.25, 0.3) is 5.91 Å². The highest BCUT2D eigenvalue weighted by Crippen LogP contribution is 2.14. The Balaban J connectivity index is 1.61. The number of benzene rings is 1. The minimum absolute atomic E-state index is 0.106. The molecule has 0 bridgehead atoms. The summed E-state index contributed by atoms with van der Waals surface area (Å²) in [6.07, 6.45) is 1.60. The van der Waals surface area contributed by atoms with Crippen molar-refractivity contribution in [1.82, 2.24) is 14.8 Å². The van der Waals surface area contributed by atoms with E-state index in [4.69, 9.17) is 4.74 Å². The summed E-state index contributed by atoms with van der Waals surface area (Å²) in [6, 6.07) is 12.6. The molecule has 25 heavy (non-hydrogen) atoms. The summed E-state index contributed by atoms with van der Waals surface area (Å²) in [5, 5.41) is 7.73. The van der Waals surface area contributed by atoms with E-state index >= 15 is 0 Å². The molecule has 1 aromatic carbocycles. The Hall–Kier alpha value is -3.22. The second-order valence-corrected chi connectivity index (χ2v) is 5.77. The van der Waals surface area contributed by atoms with E-state index in [9.17, 15) is 9.59 Å². The van der Waals surface area contributed by atoms with Crippen LogP contribution in [-0.4, -0.2) is 33.2 Å². The Kier molecular flexibility index (Phi) is 4.74. The van der Waals surface area contributed by atoms with Gasteiger partial charge in [0.05, 0.1) is 11.7 Å². The third kappa shape index (κ3) is 3.82. The second kappa shape index (κ2) is 7.12. The zero-order valence-corrected chi connectivity index (χ0v) is 14.0. The SMILES string of the molecule is CC(C)n1nccc1NC(=O)COC(=O)c1ccc2ccccc2n1. The molecule has 7 heteroatoms. The molecule has 0 aliphatic carbocycles. The Bertz CT molecular complexity index is 917. The fourth-order valence-electron chi connectivity index (χ4n) is 2.39. The number of carbonyl (C=O) groups is 2. The number of hydrogen-bond donors (Lipinski definition) is 1. The van der Waals surface area contributed by atoms with Crippen LogP contribution in [0.15, 0.2) is 48.7 Å². The van der Waals surface area contributed by atoms with Crippen molar-refractivity contribution in [2.45, 2.75) is 19.9 Å². The lowest BCUT2D eigenvalue weighted by Crippen LogP contribution is -2.23. The number of rotatable bonds is 5. The van der Waals surface area contributed by atoms with Crippen LogP contribution in [0.4, 0.5) is 5.82 Å². The Morgan fingerprint density at radius 2 is 1.96 bits per heavy atom. The lowest BCUT2D eigenvalue weighted by atomic mass is 10.2. The molecule has 0 aliphatic rings. The maximum absolute atomic E-state index is 12.1. The highest BCUT2D eigenvalue weighted by Gasteiger charge is 2.14. The topological polar surface area (TPSA) is 86.1 Å². The predicted molar refractivity (Wildman–Crippen MR) is 93.3 cm³/mol. The number of nitrogens with one attached hydrogen (secondary N) is 1. The lowest BCUT2D eigenvalue weighted by molar-refractivity contribution is -0.119. The zero-order chi connectivity index (χ0) is 17.8. The molecule has 3 aromatic rings. The highest BCUT2D eigenvalue weighted by atomic mass is 16.5. The van der Waals surface area contributed by atoms with Crippen LogP contribution in [0.1, 0.15) is 30.4 Å². The summed E-state index contributed by atoms with van der Waals surface area (Å²) >= 11 is 0. The maximum Gasteiger partial charge on any atom is 0.357 e. The average Bonchev–Trinajstić information content (AvgIpc) is 3.07. The molecule has 7 nitrogen and oxygen atoms in total. The second-order valence-electron chi connectivity index (χ2n) is 5.77. The van der Waals surface area contributed by atoms with Crippen molar-refractivity contribution in [3.05, 3.63) is 54.4 Å². The van der Waals surface area contributed by atoms with Crippen molar-refractivity contribution in [1.29, 1.82) is 0 Å². The van der Waals surface area contributed by atoms with Crippen molar-refractivity contribution in [3.63, 3.8) is 0 Å². The third-order valence-electron chi connectivity index (χ3n) is 3.57. The van der Waals surface area contributed by atoms with Gasteiger partial charge in [-0.2, -0.15) is 5.10 Å². The van der Waals surface area contributed by atoms with Gasteiger partial charge in [-0.25, -0.2) is 14.5 Å². The Morgan fingerprint density at radius 1 is 1.16 bits per heavy atom. The van der Waals surface area contributed by atoms with Gasteiger partial charge in [0.15, 0.2) is 6.61 Å². The minimum atomic E-state index is -0.640. The zero-order valence-electron chi connectivity index (χ0n) is 14.0. The number of anilines is 1. The van der Waals surface area contributed by atoms with E-state index in [1.807, 2.05) is 38.1 Å². The summed E-state index contributed by atoms with van der Waals surface area (Å²) in [7, 11) is 0. The van der Waals surface area contributed by atoms with E-state index < -0.39 is 18.5 Å².